The van der Waals surface area contributed by atoms with Crippen molar-refractivity contribution >= 4 is 5.97 Å². The lowest BCUT2D eigenvalue weighted by molar-refractivity contribution is -0.163. The van der Waals surface area contributed by atoms with Gasteiger partial charge in [-0.25, -0.2) is 4.79 Å². The molecule has 4 nitrogen and oxygen atoms in total. The standard InChI is InChI=1S/C13H24O4/c1-3-5-12(13(15)16-4-2)17-11-8-6-10(14)7-9-11/h10-12,14H,3-9H2,1-2H3. The second-order valence-corrected chi connectivity index (χ2v) is 4.60. The van der Waals surface area contributed by atoms with Crippen LogP contribution in [0.1, 0.15) is 52.4 Å². The lowest BCUT2D eigenvalue weighted by Crippen LogP contribution is -2.34. The monoisotopic (exact) mass is 244 g/mol. The summed E-state index contributed by atoms with van der Waals surface area (Å²) in [5.41, 5.74) is 0. The largest absolute Gasteiger partial charge is 0.464 e. The Kier molecular flexibility index (Phi) is 6.52. The SMILES string of the molecule is CCCC(OC1CCC(O)CC1)C(=O)OCC. The summed E-state index contributed by atoms with van der Waals surface area (Å²) in [5, 5.41) is 9.41. The molecule has 0 aliphatic heterocycles. The molecule has 1 rings (SSSR count). The van der Waals surface area contributed by atoms with Gasteiger partial charge in [0, 0.05) is 0 Å². The van der Waals surface area contributed by atoms with Crippen LogP contribution in [0.2, 0.25) is 0 Å². The summed E-state index contributed by atoms with van der Waals surface area (Å²) >= 11 is 0. The molecule has 0 spiro atoms. The molecule has 0 aromatic carbocycles. The van der Waals surface area contributed by atoms with E-state index in [1.165, 1.54) is 0 Å². The highest BCUT2D eigenvalue weighted by molar-refractivity contribution is 5.74. The molecule has 1 aliphatic rings. The van der Waals surface area contributed by atoms with Crippen LogP contribution in [0.3, 0.4) is 0 Å². The summed E-state index contributed by atoms with van der Waals surface area (Å²) in [6, 6.07) is 0. The van der Waals surface area contributed by atoms with Crippen molar-refractivity contribution < 1.29 is 19.4 Å². The summed E-state index contributed by atoms with van der Waals surface area (Å²) in [6.45, 7) is 4.23. The maximum absolute atomic E-state index is 11.7. The van der Waals surface area contributed by atoms with Crippen molar-refractivity contribution in [3.8, 4) is 0 Å². The van der Waals surface area contributed by atoms with Gasteiger partial charge in [0.2, 0.25) is 0 Å². The van der Waals surface area contributed by atoms with Crippen LogP contribution in [0, 0.1) is 0 Å². The van der Waals surface area contributed by atoms with Crippen molar-refractivity contribution in [3.63, 3.8) is 0 Å². The van der Waals surface area contributed by atoms with Gasteiger partial charge in [-0.05, 0) is 39.0 Å². The zero-order chi connectivity index (χ0) is 12.7. The van der Waals surface area contributed by atoms with E-state index in [1.54, 1.807) is 6.92 Å². The number of rotatable bonds is 6. The van der Waals surface area contributed by atoms with Crippen LogP contribution in [-0.2, 0) is 14.3 Å². The van der Waals surface area contributed by atoms with Gasteiger partial charge in [-0.15, -0.1) is 0 Å². The van der Waals surface area contributed by atoms with E-state index in [1.807, 2.05) is 6.92 Å². The zero-order valence-electron chi connectivity index (χ0n) is 10.9. The summed E-state index contributed by atoms with van der Waals surface area (Å²) in [5.74, 6) is -0.250. The molecular weight excluding hydrogens is 220 g/mol. The van der Waals surface area contributed by atoms with Crippen LogP contribution < -0.4 is 0 Å². The zero-order valence-corrected chi connectivity index (χ0v) is 10.9. The van der Waals surface area contributed by atoms with Crippen molar-refractivity contribution in [3.05, 3.63) is 0 Å². The minimum atomic E-state index is -0.430. The third-order valence-corrected chi connectivity index (χ3v) is 3.10. The fourth-order valence-corrected chi connectivity index (χ4v) is 2.15. The molecule has 1 unspecified atom stereocenters. The average molecular weight is 244 g/mol. The van der Waals surface area contributed by atoms with E-state index >= 15 is 0 Å². The third kappa shape index (κ3) is 5.04. The number of esters is 1. The number of carbonyl (C=O) groups excluding carboxylic acids is 1. The van der Waals surface area contributed by atoms with E-state index in [9.17, 15) is 9.90 Å². The second kappa shape index (κ2) is 7.67. The first kappa shape index (κ1) is 14.5. The Morgan fingerprint density at radius 3 is 2.47 bits per heavy atom. The first-order chi connectivity index (χ1) is 8.17. The highest BCUT2D eigenvalue weighted by atomic mass is 16.6. The maximum Gasteiger partial charge on any atom is 0.335 e. The molecule has 1 aliphatic carbocycles. The van der Waals surface area contributed by atoms with Crippen LogP contribution in [0.15, 0.2) is 0 Å². The van der Waals surface area contributed by atoms with Gasteiger partial charge in [0.05, 0.1) is 18.8 Å². The smallest absolute Gasteiger partial charge is 0.335 e. The summed E-state index contributed by atoms with van der Waals surface area (Å²) in [7, 11) is 0. The number of carbonyl (C=O) groups is 1. The molecule has 0 saturated heterocycles. The van der Waals surface area contributed by atoms with Gasteiger partial charge in [-0.2, -0.15) is 0 Å². The molecule has 0 heterocycles. The molecule has 17 heavy (non-hydrogen) atoms. The fraction of sp³-hybridized carbons (Fsp3) is 0.923. The molecule has 1 fully saturated rings. The number of hydrogen-bond donors (Lipinski definition) is 1. The Labute approximate surface area is 103 Å². The molecule has 0 bridgehead atoms. The van der Waals surface area contributed by atoms with Gasteiger partial charge >= 0.3 is 5.97 Å². The normalized spacial score (nSPS) is 26.5. The lowest BCUT2D eigenvalue weighted by atomic mass is 9.95. The van der Waals surface area contributed by atoms with E-state index in [0.29, 0.717) is 13.0 Å². The van der Waals surface area contributed by atoms with Crippen molar-refractivity contribution in [2.75, 3.05) is 6.61 Å². The topological polar surface area (TPSA) is 55.8 Å². The minimum absolute atomic E-state index is 0.0966. The minimum Gasteiger partial charge on any atom is -0.464 e. The number of aliphatic hydroxyl groups is 1. The molecule has 0 aromatic heterocycles. The van der Waals surface area contributed by atoms with Crippen LogP contribution in [0.25, 0.3) is 0 Å². The van der Waals surface area contributed by atoms with E-state index in [4.69, 9.17) is 9.47 Å². The second-order valence-electron chi connectivity index (χ2n) is 4.60. The van der Waals surface area contributed by atoms with Gasteiger partial charge < -0.3 is 14.6 Å². The Balaban J connectivity index is 2.40. The molecule has 1 atom stereocenters. The van der Waals surface area contributed by atoms with Crippen LogP contribution in [-0.4, -0.2) is 36.0 Å². The Bertz CT molecular complexity index is 221. The van der Waals surface area contributed by atoms with E-state index in [-0.39, 0.29) is 18.2 Å². The van der Waals surface area contributed by atoms with Gasteiger partial charge in [-0.3, -0.25) is 0 Å². The molecule has 0 radical (unpaired) electrons. The highest BCUT2D eigenvalue weighted by Crippen LogP contribution is 2.23. The number of hydrogen-bond acceptors (Lipinski definition) is 4. The quantitative estimate of drug-likeness (QED) is 0.726. The number of aliphatic hydroxyl groups excluding tert-OH is 1. The fourth-order valence-electron chi connectivity index (χ4n) is 2.15. The Morgan fingerprint density at radius 1 is 1.29 bits per heavy atom. The maximum atomic E-state index is 11.7. The predicted molar refractivity (Wildman–Crippen MR) is 64.7 cm³/mol. The molecular formula is C13H24O4. The van der Waals surface area contributed by atoms with Gasteiger partial charge in [0.25, 0.3) is 0 Å². The Morgan fingerprint density at radius 2 is 1.94 bits per heavy atom. The molecule has 100 valence electrons. The lowest BCUT2D eigenvalue weighted by Gasteiger charge is -2.28. The van der Waals surface area contributed by atoms with E-state index in [2.05, 4.69) is 0 Å². The van der Waals surface area contributed by atoms with Crippen LogP contribution >= 0.6 is 0 Å². The summed E-state index contributed by atoms with van der Waals surface area (Å²) in [6.07, 6.45) is 4.29. The van der Waals surface area contributed by atoms with Crippen LogP contribution in [0.4, 0.5) is 0 Å². The average Bonchev–Trinajstić information content (AvgIpc) is 2.31. The van der Waals surface area contributed by atoms with Crippen LogP contribution in [0.5, 0.6) is 0 Å². The molecule has 1 saturated carbocycles. The van der Waals surface area contributed by atoms with Crippen molar-refractivity contribution in [2.45, 2.75) is 70.7 Å². The Hall–Kier alpha value is -0.610. The summed E-state index contributed by atoms with van der Waals surface area (Å²) < 4.78 is 10.8. The molecule has 0 amide bonds. The summed E-state index contributed by atoms with van der Waals surface area (Å²) in [4.78, 5) is 11.7. The van der Waals surface area contributed by atoms with E-state index < -0.39 is 6.10 Å². The van der Waals surface area contributed by atoms with Gasteiger partial charge in [0.1, 0.15) is 0 Å². The molecule has 1 N–H and O–H groups in total. The third-order valence-electron chi connectivity index (χ3n) is 3.10. The van der Waals surface area contributed by atoms with Crippen molar-refractivity contribution in [1.29, 1.82) is 0 Å². The number of ether oxygens (including phenoxy) is 2. The highest BCUT2D eigenvalue weighted by Gasteiger charge is 2.27. The first-order valence-corrected chi connectivity index (χ1v) is 6.67. The van der Waals surface area contributed by atoms with E-state index in [0.717, 1.165) is 32.1 Å². The first-order valence-electron chi connectivity index (χ1n) is 6.67. The van der Waals surface area contributed by atoms with Crippen molar-refractivity contribution in [2.24, 2.45) is 0 Å². The molecule has 0 aromatic rings. The molecule has 4 heteroatoms. The van der Waals surface area contributed by atoms with Gasteiger partial charge in [0.15, 0.2) is 6.10 Å². The van der Waals surface area contributed by atoms with Crippen molar-refractivity contribution in [1.82, 2.24) is 0 Å². The predicted octanol–water partition coefficient (Wildman–Crippen LogP) is 2.04. The van der Waals surface area contributed by atoms with Gasteiger partial charge in [-0.1, -0.05) is 13.3 Å².